The van der Waals surface area contributed by atoms with Gasteiger partial charge >= 0.3 is 6.03 Å². The average Bonchev–Trinajstić information content (AvgIpc) is 3.52. The van der Waals surface area contributed by atoms with E-state index in [0.717, 1.165) is 58.3 Å². The lowest BCUT2D eigenvalue weighted by Crippen LogP contribution is -2.55. The Labute approximate surface area is 173 Å². The number of nitrogens with zero attached hydrogens (tertiary/aromatic N) is 3. The third-order valence-electron chi connectivity index (χ3n) is 7.32. The first-order valence-corrected chi connectivity index (χ1v) is 11.2. The summed E-state index contributed by atoms with van der Waals surface area (Å²) in [5.74, 6) is 0.568. The minimum absolute atomic E-state index is 0.0816. The largest absolute Gasteiger partial charge is 0.340 e. The van der Waals surface area contributed by atoms with Gasteiger partial charge in [-0.15, -0.1) is 0 Å². The first kappa shape index (κ1) is 18.9. The Balaban J connectivity index is 1.17. The third kappa shape index (κ3) is 3.75. The molecule has 156 valence electrons. The van der Waals surface area contributed by atoms with Crippen LogP contribution in [0.5, 0.6) is 0 Å². The number of aryl methyl sites for hydroxylation is 1. The zero-order valence-electron chi connectivity index (χ0n) is 17.3. The lowest BCUT2D eigenvalue weighted by atomic mass is 9.95. The van der Waals surface area contributed by atoms with Crippen LogP contribution in [0.2, 0.25) is 0 Å². The molecule has 1 aliphatic carbocycles. The van der Waals surface area contributed by atoms with Crippen LogP contribution in [-0.4, -0.2) is 70.9 Å². The lowest BCUT2D eigenvalue weighted by molar-refractivity contribution is -0.134. The van der Waals surface area contributed by atoms with Crippen molar-refractivity contribution in [3.8, 4) is 0 Å². The van der Waals surface area contributed by atoms with E-state index in [1.165, 1.54) is 11.1 Å². The van der Waals surface area contributed by atoms with E-state index in [-0.39, 0.29) is 24.0 Å². The molecule has 6 heteroatoms. The highest BCUT2D eigenvalue weighted by Crippen LogP contribution is 2.34. The number of amides is 3. The van der Waals surface area contributed by atoms with Crippen LogP contribution >= 0.6 is 0 Å². The normalized spacial score (nSPS) is 28.4. The third-order valence-corrected chi connectivity index (χ3v) is 7.32. The molecule has 1 saturated carbocycles. The van der Waals surface area contributed by atoms with Crippen LogP contribution in [0.3, 0.4) is 0 Å². The fraction of sp³-hybridized carbons (Fsp3) is 0.652. The molecule has 2 atom stereocenters. The number of carbonyl (C=O) groups is 2. The molecule has 6 nitrogen and oxygen atoms in total. The highest BCUT2D eigenvalue weighted by molar-refractivity contribution is 5.82. The molecule has 29 heavy (non-hydrogen) atoms. The van der Waals surface area contributed by atoms with Gasteiger partial charge in [0.25, 0.3) is 0 Å². The van der Waals surface area contributed by atoms with E-state index in [1.54, 1.807) is 0 Å². The highest BCUT2D eigenvalue weighted by atomic mass is 16.2. The average molecular weight is 397 g/mol. The summed E-state index contributed by atoms with van der Waals surface area (Å²) in [6, 6.07) is 9.36. The van der Waals surface area contributed by atoms with Crippen molar-refractivity contribution in [2.75, 3.05) is 26.2 Å². The van der Waals surface area contributed by atoms with E-state index in [2.05, 4.69) is 46.3 Å². The molecular weight excluding hydrogens is 364 g/mol. The number of hydrogen-bond donors (Lipinski definition) is 1. The van der Waals surface area contributed by atoms with Gasteiger partial charge in [0.2, 0.25) is 5.91 Å². The van der Waals surface area contributed by atoms with Crippen LogP contribution in [0.4, 0.5) is 4.79 Å². The van der Waals surface area contributed by atoms with E-state index < -0.39 is 0 Å². The number of likely N-dealkylation sites (tertiary alicyclic amines) is 2. The number of urea groups is 1. The fourth-order valence-electron chi connectivity index (χ4n) is 5.41. The standard InChI is InChI=1S/C23H32N4O2/c1-16-4-2-3-5-18(16)14-25-11-8-19(9-12-25)27-21-10-13-26(22(28)17-6-7-17)15-20(21)24-23(27)29/h2-5,17,19-21H,6-15H2,1H3,(H,24,29). The topological polar surface area (TPSA) is 55.9 Å². The SMILES string of the molecule is Cc1ccccc1CN1CCC(N2C(=O)NC3CN(C(=O)C4CC4)CCC32)CC1. The van der Waals surface area contributed by atoms with Crippen LogP contribution in [-0.2, 0) is 11.3 Å². The monoisotopic (exact) mass is 396 g/mol. The number of benzene rings is 1. The second-order valence-corrected chi connectivity index (χ2v) is 9.31. The molecule has 0 bridgehead atoms. The predicted octanol–water partition coefficient (Wildman–Crippen LogP) is 2.36. The van der Waals surface area contributed by atoms with Crippen molar-refractivity contribution in [3.05, 3.63) is 35.4 Å². The first-order valence-electron chi connectivity index (χ1n) is 11.2. The van der Waals surface area contributed by atoms with Gasteiger partial charge < -0.3 is 15.1 Å². The van der Waals surface area contributed by atoms with Gasteiger partial charge in [-0.05, 0) is 50.2 Å². The van der Waals surface area contributed by atoms with Gasteiger partial charge in [0, 0.05) is 44.7 Å². The molecule has 1 aromatic rings. The Morgan fingerprint density at radius 2 is 1.83 bits per heavy atom. The van der Waals surface area contributed by atoms with Gasteiger partial charge in [0.15, 0.2) is 0 Å². The van der Waals surface area contributed by atoms with Crippen molar-refractivity contribution in [2.45, 2.75) is 63.7 Å². The summed E-state index contributed by atoms with van der Waals surface area (Å²) in [6.07, 6.45) is 5.07. The van der Waals surface area contributed by atoms with Gasteiger partial charge in [-0.25, -0.2) is 4.79 Å². The van der Waals surface area contributed by atoms with Crippen molar-refractivity contribution in [3.63, 3.8) is 0 Å². The summed E-state index contributed by atoms with van der Waals surface area (Å²) in [5, 5.41) is 3.19. The van der Waals surface area contributed by atoms with Crippen LogP contribution in [0.1, 0.15) is 43.2 Å². The Morgan fingerprint density at radius 3 is 2.55 bits per heavy atom. The van der Waals surface area contributed by atoms with Gasteiger partial charge in [-0.1, -0.05) is 24.3 Å². The molecule has 0 spiro atoms. The molecule has 3 aliphatic heterocycles. The summed E-state index contributed by atoms with van der Waals surface area (Å²) in [4.78, 5) is 31.8. The van der Waals surface area contributed by atoms with Crippen LogP contribution in [0, 0.1) is 12.8 Å². The molecule has 2 unspecified atom stereocenters. The molecule has 1 aromatic carbocycles. The summed E-state index contributed by atoms with van der Waals surface area (Å²) < 4.78 is 0. The molecule has 4 aliphatic rings. The molecule has 3 saturated heterocycles. The number of hydrogen-bond acceptors (Lipinski definition) is 3. The minimum atomic E-state index is 0.0816. The van der Waals surface area contributed by atoms with Gasteiger partial charge in [-0.2, -0.15) is 0 Å². The summed E-state index contributed by atoms with van der Waals surface area (Å²) >= 11 is 0. The number of carbonyl (C=O) groups excluding carboxylic acids is 2. The van der Waals surface area contributed by atoms with Crippen molar-refractivity contribution >= 4 is 11.9 Å². The Kier molecular flexibility index (Phi) is 4.98. The van der Waals surface area contributed by atoms with Crippen molar-refractivity contribution in [1.82, 2.24) is 20.0 Å². The molecular formula is C23H32N4O2. The predicted molar refractivity (Wildman–Crippen MR) is 111 cm³/mol. The van der Waals surface area contributed by atoms with Crippen LogP contribution < -0.4 is 5.32 Å². The molecule has 4 fully saturated rings. The van der Waals surface area contributed by atoms with E-state index in [9.17, 15) is 9.59 Å². The highest BCUT2D eigenvalue weighted by Gasteiger charge is 2.47. The maximum Gasteiger partial charge on any atom is 0.318 e. The summed E-state index contributed by atoms with van der Waals surface area (Å²) in [6.45, 7) is 6.73. The maximum atomic E-state index is 12.8. The number of piperidine rings is 2. The Hall–Kier alpha value is -2.08. The lowest BCUT2D eigenvalue weighted by Gasteiger charge is -2.42. The number of rotatable bonds is 4. The summed E-state index contributed by atoms with van der Waals surface area (Å²) in [7, 11) is 0. The molecule has 3 amide bonds. The number of nitrogens with one attached hydrogen (secondary N) is 1. The Bertz CT molecular complexity index is 785. The van der Waals surface area contributed by atoms with E-state index in [4.69, 9.17) is 0 Å². The second-order valence-electron chi connectivity index (χ2n) is 9.31. The number of fused-ring (bicyclic) bond motifs is 1. The van der Waals surface area contributed by atoms with Crippen LogP contribution in [0.15, 0.2) is 24.3 Å². The molecule has 3 heterocycles. The smallest absolute Gasteiger partial charge is 0.318 e. The van der Waals surface area contributed by atoms with Gasteiger partial charge in [0.1, 0.15) is 0 Å². The zero-order valence-corrected chi connectivity index (χ0v) is 17.3. The van der Waals surface area contributed by atoms with Crippen molar-refractivity contribution in [2.24, 2.45) is 5.92 Å². The molecule has 1 N–H and O–H groups in total. The summed E-state index contributed by atoms with van der Waals surface area (Å²) in [5.41, 5.74) is 2.75. The van der Waals surface area contributed by atoms with Gasteiger partial charge in [-0.3, -0.25) is 9.69 Å². The van der Waals surface area contributed by atoms with Crippen molar-refractivity contribution in [1.29, 1.82) is 0 Å². The molecule has 0 aromatic heterocycles. The second kappa shape index (κ2) is 7.63. The zero-order chi connectivity index (χ0) is 20.0. The molecule has 0 radical (unpaired) electrons. The van der Waals surface area contributed by atoms with E-state index in [1.807, 2.05) is 4.90 Å². The quantitative estimate of drug-likeness (QED) is 0.850. The molecule has 5 rings (SSSR count). The van der Waals surface area contributed by atoms with Gasteiger partial charge in [0.05, 0.1) is 12.1 Å². The fourth-order valence-corrected chi connectivity index (χ4v) is 5.41. The van der Waals surface area contributed by atoms with E-state index in [0.29, 0.717) is 18.5 Å². The Morgan fingerprint density at radius 1 is 1.07 bits per heavy atom. The minimum Gasteiger partial charge on any atom is -0.340 e. The first-order chi connectivity index (χ1) is 14.1. The van der Waals surface area contributed by atoms with Crippen molar-refractivity contribution < 1.29 is 9.59 Å². The van der Waals surface area contributed by atoms with E-state index >= 15 is 0 Å². The van der Waals surface area contributed by atoms with Crippen LogP contribution in [0.25, 0.3) is 0 Å². The maximum absolute atomic E-state index is 12.8.